The normalized spacial score (nSPS) is 18.4. The van der Waals surface area contributed by atoms with E-state index in [9.17, 15) is 9.18 Å². The Labute approximate surface area is 99.8 Å². The van der Waals surface area contributed by atoms with Crippen LogP contribution >= 0.6 is 0 Å². The zero-order valence-electron chi connectivity index (χ0n) is 9.53. The summed E-state index contributed by atoms with van der Waals surface area (Å²) in [5, 5.41) is 3.26. The van der Waals surface area contributed by atoms with Gasteiger partial charge in [-0.15, -0.1) is 0 Å². The van der Waals surface area contributed by atoms with Crippen molar-refractivity contribution in [1.29, 1.82) is 0 Å². The van der Waals surface area contributed by atoms with Crippen LogP contribution in [-0.2, 0) is 4.79 Å². The molecule has 0 saturated carbocycles. The van der Waals surface area contributed by atoms with Crippen LogP contribution < -0.4 is 5.32 Å². The quantitative estimate of drug-likeness (QED) is 0.643. The van der Waals surface area contributed by atoms with Crippen molar-refractivity contribution in [3.05, 3.63) is 35.6 Å². The first-order valence-electron chi connectivity index (χ1n) is 5.84. The van der Waals surface area contributed by atoms with E-state index in [1.54, 1.807) is 12.1 Å². The van der Waals surface area contributed by atoms with Gasteiger partial charge in [0.05, 0.1) is 6.04 Å². The number of nitrogens with zero attached hydrogens (tertiary/aromatic N) is 1. The molecular formula is C13H15FN2O. The highest BCUT2D eigenvalue weighted by Gasteiger charge is 2.24. The smallest absolute Gasteiger partial charge is 0.235 e. The second-order valence-corrected chi connectivity index (χ2v) is 4.31. The molecule has 0 amide bonds. The maximum Gasteiger partial charge on any atom is 0.235 e. The van der Waals surface area contributed by atoms with Crippen molar-refractivity contribution >= 4 is 6.08 Å². The van der Waals surface area contributed by atoms with E-state index < -0.39 is 0 Å². The molecule has 17 heavy (non-hydrogen) atoms. The summed E-state index contributed by atoms with van der Waals surface area (Å²) in [4.78, 5) is 14.4. The predicted octanol–water partition coefficient (Wildman–Crippen LogP) is 2.20. The molecule has 1 aliphatic rings. The summed E-state index contributed by atoms with van der Waals surface area (Å²) in [5.74, 6) is 0.00188. The summed E-state index contributed by atoms with van der Waals surface area (Å²) >= 11 is 0. The van der Waals surface area contributed by atoms with E-state index >= 15 is 0 Å². The minimum absolute atomic E-state index is 0.259. The van der Waals surface area contributed by atoms with Crippen LogP contribution in [0, 0.1) is 11.7 Å². The van der Waals surface area contributed by atoms with Gasteiger partial charge >= 0.3 is 0 Å². The van der Waals surface area contributed by atoms with Crippen LogP contribution in [0.5, 0.6) is 0 Å². The van der Waals surface area contributed by atoms with Gasteiger partial charge in [-0.1, -0.05) is 12.1 Å². The molecule has 1 aromatic rings. The Bertz CT molecular complexity index is 423. The number of rotatable bonds is 3. The monoisotopic (exact) mass is 234 g/mol. The lowest BCUT2D eigenvalue weighted by atomic mass is 9.86. The molecule has 3 nitrogen and oxygen atoms in total. The summed E-state index contributed by atoms with van der Waals surface area (Å²) in [5.41, 5.74) is 0.764. The average Bonchev–Trinajstić information content (AvgIpc) is 2.37. The first kappa shape index (κ1) is 12.0. The van der Waals surface area contributed by atoms with Gasteiger partial charge < -0.3 is 5.32 Å². The number of aliphatic imine (C=N–C) groups is 1. The van der Waals surface area contributed by atoms with E-state index in [-0.39, 0.29) is 11.9 Å². The van der Waals surface area contributed by atoms with Crippen molar-refractivity contribution in [2.75, 3.05) is 13.1 Å². The Balaban J connectivity index is 2.24. The molecule has 0 spiro atoms. The molecule has 0 aromatic heterocycles. The van der Waals surface area contributed by atoms with Crippen LogP contribution in [0.4, 0.5) is 4.39 Å². The standard InChI is InChI=1S/C13H15FN2O/c14-12-3-1-2-11(8-12)13(16-9-17)10-4-6-15-7-5-10/h1-3,8,10,13,15H,4-7H2. The average molecular weight is 234 g/mol. The number of carbonyl (C=O) groups excluding carboxylic acids is 1. The number of nitrogens with one attached hydrogen (secondary N) is 1. The molecule has 1 N–H and O–H groups in total. The first-order valence-corrected chi connectivity index (χ1v) is 5.84. The molecule has 1 aliphatic heterocycles. The maximum absolute atomic E-state index is 13.2. The van der Waals surface area contributed by atoms with Gasteiger partial charge in [0.1, 0.15) is 5.82 Å². The number of piperidine rings is 1. The third-order valence-corrected chi connectivity index (χ3v) is 3.21. The fraction of sp³-hybridized carbons (Fsp3) is 0.462. The summed E-state index contributed by atoms with van der Waals surface area (Å²) in [6.45, 7) is 1.84. The molecule has 1 fully saturated rings. The second kappa shape index (κ2) is 5.71. The molecule has 2 rings (SSSR count). The SMILES string of the molecule is O=C=NC(c1cccc(F)c1)C1CCNCC1. The molecule has 90 valence electrons. The Morgan fingerprint density at radius 1 is 1.41 bits per heavy atom. The van der Waals surface area contributed by atoms with Crippen molar-refractivity contribution in [2.45, 2.75) is 18.9 Å². The van der Waals surface area contributed by atoms with E-state index in [1.165, 1.54) is 12.1 Å². The molecule has 0 bridgehead atoms. The number of halogens is 1. The summed E-state index contributed by atoms with van der Waals surface area (Å²) < 4.78 is 13.2. The first-order chi connectivity index (χ1) is 8.31. The fourth-order valence-electron chi connectivity index (χ4n) is 2.36. The lowest BCUT2D eigenvalue weighted by Gasteiger charge is -2.27. The van der Waals surface area contributed by atoms with Crippen molar-refractivity contribution in [3.63, 3.8) is 0 Å². The van der Waals surface area contributed by atoms with Crippen LogP contribution in [0.3, 0.4) is 0 Å². The molecule has 0 radical (unpaired) electrons. The molecule has 1 unspecified atom stereocenters. The summed E-state index contributed by atoms with van der Waals surface area (Å²) in [6, 6.07) is 6.06. The molecule has 0 aliphatic carbocycles. The Kier molecular flexibility index (Phi) is 4.02. The minimum atomic E-state index is -0.289. The Morgan fingerprint density at radius 2 is 2.18 bits per heavy atom. The van der Waals surface area contributed by atoms with E-state index in [0.29, 0.717) is 5.92 Å². The fourth-order valence-corrected chi connectivity index (χ4v) is 2.36. The number of benzene rings is 1. The lowest BCUT2D eigenvalue weighted by molar-refractivity contribution is 0.322. The van der Waals surface area contributed by atoms with Gasteiger partial charge in [0.25, 0.3) is 0 Å². The van der Waals surface area contributed by atoms with Crippen LogP contribution in [0.15, 0.2) is 29.3 Å². The maximum atomic E-state index is 13.2. The van der Waals surface area contributed by atoms with Crippen LogP contribution in [0.25, 0.3) is 0 Å². The zero-order chi connectivity index (χ0) is 12.1. The van der Waals surface area contributed by atoms with Gasteiger partial charge in [-0.25, -0.2) is 9.18 Å². The molecule has 1 heterocycles. The van der Waals surface area contributed by atoms with Gasteiger partial charge in [0.15, 0.2) is 0 Å². The predicted molar refractivity (Wildman–Crippen MR) is 62.9 cm³/mol. The van der Waals surface area contributed by atoms with Crippen molar-refractivity contribution in [1.82, 2.24) is 5.32 Å². The Hall–Kier alpha value is -1.51. The van der Waals surface area contributed by atoms with Gasteiger partial charge in [-0.2, -0.15) is 4.99 Å². The van der Waals surface area contributed by atoms with Crippen molar-refractivity contribution in [3.8, 4) is 0 Å². The van der Waals surface area contributed by atoms with Crippen molar-refractivity contribution < 1.29 is 9.18 Å². The van der Waals surface area contributed by atoms with Crippen LogP contribution in [0.1, 0.15) is 24.4 Å². The molecular weight excluding hydrogens is 219 g/mol. The third-order valence-electron chi connectivity index (χ3n) is 3.21. The lowest BCUT2D eigenvalue weighted by Crippen LogP contribution is -2.30. The minimum Gasteiger partial charge on any atom is -0.317 e. The molecule has 1 atom stereocenters. The van der Waals surface area contributed by atoms with E-state index in [0.717, 1.165) is 31.5 Å². The topological polar surface area (TPSA) is 41.5 Å². The van der Waals surface area contributed by atoms with E-state index in [2.05, 4.69) is 10.3 Å². The van der Waals surface area contributed by atoms with Crippen molar-refractivity contribution in [2.24, 2.45) is 10.9 Å². The van der Waals surface area contributed by atoms with Crippen LogP contribution in [0.2, 0.25) is 0 Å². The number of hydrogen-bond donors (Lipinski definition) is 1. The largest absolute Gasteiger partial charge is 0.317 e. The van der Waals surface area contributed by atoms with Crippen LogP contribution in [-0.4, -0.2) is 19.2 Å². The summed E-state index contributed by atoms with van der Waals surface area (Å²) in [6.07, 6.45) is 3.52. The number of isocyanates is 1. The Morgan fingerprint density at radius 3 is 2.82 bits per heavy atom. The molecule has 4 heteroatoms. The van der Waals surface area contributed by atoms with E-state index in [4.69, 9.17) is 0 Å². The number of hydrogen-bond acceptors (Lipinski definition) is 3. The molecule has 1 aromatic carbocycles. The van der Waals surface area contributed by atoms with Gasteiger partial charge in [-0.05, 0) is 49.5 Å². The second-order valence-electron chi connectivity index (χ2n) is 4.31. The highest BCUT2D eigenvalue weighted by Crippen LogP contribution is 2.32. The van der Waals surface area contributed by atoms with Gasteiger partial charge in [-0.3, -0.25) is 0 Å². The third kappa shape index (κ3) is 2.99. The van der Waals surface area contributed by atoms with Gasteiger partial charge in [0, 0.05) is 0 Å². The highest BCUT2D eigenvalue weighted by atomic mass is 19.1. The molecule has 1 saturated heterocycles. The summed E-state index contributed by atoms with van der Waals surface area (Å²) in [7, 11) is 0. The highest BCUT2D eigenvalue weighted by molar-refractivity contribution is 5.36. The van der Waals surface area contributed by atoms with E-state index in [1.807, 2.05) is 6.07 Å². The zero-order valence-corrected chi connectivity index (χ0v) is 9.53. The van der Waals surface area contributed by atoms with Gasteiger partial charge in [0.2, 0.25) is 6.08 Å².